The smallest absolute Gasteiger partial charge is 0.191 e. The van der Waals surface area contributed by atoms with Gasteiger partial charge in [-0.1, -0.05) is 29.8 Å². The summed E-state index contributed by atoms with van der Waals surface area (Å²) in [4.78, 5) is 7.12. The summed E-state index contributed by atoms with van der Waals surface area (Å²) in [7, 11) is 2.19. The quantitative estimate of drug-likeness (QED) is 0.624. The summed E-state index contributed by atoms with van der Waals surface area (Å²) < 4.78 is 0. The Kier molecular flexibility index (Phi) is 7.00. The molecule has 1 aromatic rings. The number of aliphatic imine (C=N–C) groups is 1. The van der Waals surface area contributed by atoms with E-state index in [1.165, 1.54) is 24.9 Å². The second-order valence-electron chi connectivity index (χ2n) is 5.76. The molecule has 1 fully saturated rings. The first-order valence-corrected chi connectivity index (χ1v) is 8.54. The average molecular weight is 323 g/mol. The van der Waals surface area contributed by atoms with Crippen LogP contribution in [0, 0.1) is 0 Å². The van der Waals surface area contributed by atoms with Crippen molar-refractivity contribution in [3.63, 3.8) is 0 Å². The standard InChI is InChI=1S/C17H27ClN4/c1-3-19-17(21-13-15-8-6-12-22(15)2)20-11-10-14-7-4-5-9-16(14)18/h4-5,7,9,15H,3,6,8,10-13H2,1-2H3,(H2,19,20,21). The molecule has 1 saturated heterocycles. The number of likely N-dealkylation sites (N-methyl/N-ethyl adjacent to an activating group) is 1. The molecule has 0 spiro atoms. The lowest BCUT2D eigenvalue weighted by atomic mass is 10.1. The average Bonchev–Trinajstić information content (AvgIpc) is 2.92. The molecule has 1 heterocycles. The minimum absolute atomic E-state index is 0.582. The monoisotopic (exact) mass is 322 g/mol. The first-order valence-electron chi connectivity index (χ1n) is 8.16. The Morgan fingerprint density at radius 3 is 2.86 bits per heavy atom. The van der Waals surface area contributed by atoms with Crippen molar-refractivity contribution in [1.29, 1.82) is 0 Å². The number of nitrogens with zero attached hydrogens (tertiary/aromatic N) is 2. The van der Waals surface area contributed by atoms with E-state index in [0.29, 0.717) is 6.04 Å². The lowest BCUT2D eigenvalue weighted by molar-refractivity contribution is 0.317. The fourth-order valence-corrected chi connectivity index (χ4v) is 3.00. The molecule has 2 rings (SSSR count). The van der Waals surface area contributed by atoms with Crippen LogP contribution < -0.4 is 10.6 Å². The second-order valence-corrected chi connectivity index (χ2v) is 6.17. The van der Waals surface area contributed by atoms with Crippen LogP contribution in [-0.4, -0.2) is 50.1 Å². The predicted molar refractivity (Wildman–Crippen MR) is 94.8 cm³/mol. The third-order valence-electron chi connectivity index (χ3n) is 4.12. The fraction of sp³-hybridized carbons (Fsp3) is 0.588. The molecule has 122 valence electrons. The highest BCUT2D eigenvalue weighted by molar-refractivity contribution is 6.31. The van der Waals surface area contributed by atoms with Crippen molar-refractivity contribution in [2.45, 2.75) is 32.2 Å². The van der Waals surface area contributed by atoms with Gasteiger partial charge in [0.1, 0.15) is 0 Å². The molecule has 1 aliphatic heterocycles. The van der Waals surface area contributed by atoms with Gasteiger partial charge in [-0.25, -0.2) is 0 Å². The summed E-state index contributed by atoms with van der Waals surface area (Å²) in [5.74, 6) is 0.898. The molecule has 22 heavy (non-hydrogen) atoms. The minimum Gasteiger partial charge on any atom is -0.357 e. The van der Waals surface area contributed by atoms with Crippen LogP contribution in [-0.2, 0) is 6.42 Å². The summed E-state index contributed by atoms with van der Waals surface area (Å²) in [6, 6.07) is 8.58. The van der Waals surface area contributed by atoms with Gasteiger partial charge in [0.2, 0.25) is 0 Å². The fourth-order valence-electron chi connectivity index (χ4n) is 2.77. The van der Waals surface area contributed by atoms with E-state index in [1.807, 2.05) is 18.2 Å². The minimum atomic E-state index is 0.582. The normalized spacial score (nSPS) is 19.4. The van der Waals surface area contributed by atoms with Crippen molar-refractivity contribution in [3.05, 3.63) is 34.9 Å². The topological polar surface area (TPSA) is 39.7 Å². The van der Waals surface area contributed by atoms with E-state index in [-0.39, 0.29) is 0 Å². The molecule has 0 radical (unpaired) electrons. The zero-order valence-electron chi connectivity index (χ0n) is 13.6. The van der Waals surface area contributed by atoms with Crippen LogP contribution in [0.25, 0.3) is 0 Å². The van der Waals surface area contributed by atoms with Gasteiger partial charge in [0.15, 0.2) is 5.96 Å². The third kappa shape index (κ3) is 5.18. The number of nitrogens with one attached hydrogen (secondary N) is 2. The maximum atomic E-state index is 6.18. The van der Waals surface area contributed by atoms with Crippen LogP contribution in [0.2, 0.25) is 5.02 Å². The molecule has 4 nitrogen and oxygen atoms in total. The van der Waals surface area contributed by atoms with Crippen molar-refractivity contribution in [1.82, 2.24) is 15.5 Å². The van der Waals surface area contributed by atoms with Gasteiger partial charge in [0, 0.05) is 24.2 Å². The number of guanidine groups is 1. The van der Waals surface area contributed by atoms with E-state index in [4.69, 9.17) is 16.6 Å². The Morgan fingerprint density at radius 2 is 2.18 bits per heavy atom. The van der Waals surface area contributed by atoms with Crippen molar-refractivity contribution in [2.75, 3.05) is 33.2 Å². The van der Waals surface area contributed by atoms with Gasteiger partial charge >= 0.3 is 0 Å². The SMILES string of the molecule is CCNC(=NCC1CCCN1C)NCCc1ccccc1Cl. The summed E-state index contributed by atoms with van der Waals surface area (Å²) >= 11 is 6.18. The van der Waals surface area contributed by atoms with Gasteiger partial charge in [-0.15, -0.1) is 0 Å². The highest BCUT2D eigenvalue weighted by Gasteiger charge is 2.20. The zero-order valence-corrected chi connectivity index (χ0v) is 14.4. The molecule has 5 heteroatoms. The molecule has 1 unspecified atom stereocenters. The number of halogens is 1. The Labute approximate surface area is 138 Å². The second kappa shape index (κ2) is 9.01. The zero-order chi connectivity index (χ0) is 15.8. The maximum Gasteiger partial charge on any atom is 0.191 e. The maximum absolute atomic E-state index is 6.18. The van der Waals surface area contributed by atoms with Gasteiger partial charge in [0.25, 0.3) is 0 Å². The van der Waals surface area contributed by atoms with E-state index >= 15 is 0 Å². The lowest BCUT2D eigenvalue weighted by Gasteiger charge is -2.18. The summed E-state index contributed by atoms with van der Waals surface area (Å²) in [6.07, 6.45) is 3.43. The largest absolute Gasteiger partial charge is 0.357 e. The highest BCUT2D eigenvalue weighted by atomic mass is 35.5. The Hall–Kier alpha value is -1.26. The third-order valence-corrected chi connectivity index (χ3v) is 4.49. The van der Waals surface area contributed by atoms with Crippen LogP contribution in [0.15, 0.2) is 29.3 Å². The lowest BCUT2D eigenvalue weighted by Crippen LogP contribution is -2.39. The molecule has 0 amide bonds. The first kappa shape index (κ1) is 17.1. The molecule has 1 aromatic carbocycles. The Bertz CT molecular complexity index is 489. The van der Waals surface area contributed by atoms with Crippen molar-refractivity contribution in [3.8, 4) is 0 Å². The van der Waals surface area contributed by atoms with E-state index in [1.54, 1.807) is 0 Å². The van der Waals surface area contributed by atoms with Gasteiger partial charge in [-0.05, 0) is 51.4 Å². The number of hydrogen-bond acceptors (Lipinski definition) is 2. The van der Waals surface area contributed by atoms with Crippen molar-refractivity contribution in [2.24, 2.45) is 4.99 Å². The number of rotatable bonds is 6. The first-order chi connectivity index (χ1) is 10.7. The van der Waals surface area contributed by atoms with Crippen molar-refractivity contribution < 1.29 is 0 Å². The summed E-state index contributed by atoms with van der Waals surface area (Å²) in [5.41, 5.74) is 1.17. The molecule has 0 bridgehead atoms. The van der Waals surface area contributed by atoms with E-state index in [0.717, 1.165) is 37.0 Å². The molecule has 0 saturated carbocycles. The van der Waals surface area contributed by atoms with Crippen LogP contribution >= 0.6 is 11.6 Å². The van der Waals surface area contributed by atoms with Gasteiger partial charge in [-0.3, -0.25) is 4.99 Å². The summed E-state index contributed by atoms with van der Waals surface area (Å²) in [5, 5.41) is 7.54. The van der Waals surface area contributed by atoms with Gasteiger partial charge in [-0.2, -0.15) is 0 Å². The van der Waals surface area contributed by atoms with Gasteiger partial charge < -0.3 is 15.5 Å². The Morgan fingerprint density at radius 1 is 1.36 bits per heavy atom. The number of likely N-dealkylation sites (tertiary alicyclic amines) is 1. The molecule has 2 N–H and O–H groups in total. The van der Waals surface area contributed by atoms with E-state index in [9.17, 15) is 0 Å². The molecular formula is C17H27ClN4. The van der Waals surface area contributed by atoms with Crippen LogP contribution in [0.3, 0.4) is 0 Å². The predicted octanol–water partition coefficient (Wildman–Crippen LogP) is 2.53. The highest BCUT2D eigenvalue weighted by Crippen LogP contribution is 2.15. The molecular weight excluding hydrogens is 296 g/mol. The molecule has 1 atom stereocenters. The molecule has 0 aliphatic carbocycles. The van der Waals surface area contributed by atoms with Gasteiger partial charge in [0.05, 0.1) is 6.54 Å². The van der Waals surface area contributed by atoms with Crippen LogP contribution in [0.4, 0.5) is 0 Å². The van der Waals surface area contributed by atoms with E-state index in [2.05, 4.69) is 35.6 Å². The Balaban J connectivity index is 1.82. The molecule has 1 aliphatic rings. The molecule has 0 aromatic heterocycles. The summed E-state index contributed by atoms with van der Waals surface area (Å²) in [6.45, 7) is 5.84. The number of hydrogen-bond donors (Lipinski definition) is 2. The van der Waals surface area contributed by atoms with Crippen LogP contribution in [0.5, 0.6) is 0 Å². The van der Waals surface area contributed by atoms with Crippen LogP contribution in [0.1, 0.15) is 25.3 Å². The number of benzene rings is 1. The van der Waals surface area contributed by atoms with E-state index < -0.39 is 0 Å². The van der Waals surface area contributed by atoms with Crippen molar-refractivity contribution >= 4 is 17.6 Å².